The van der Waals surface area contributed by atoms with Crippen molar-refractivity contribution in [2.45, 2.75) is 36.0 Å². The largest absolute Gasteiger partial charge is 0.464 e. The lowest BCUT2D eigenvalue weighted by Gasteiger charge is -2.07. The molecule has 1 fully saturated rings. The molecular formula is C11H14N2O2S. The lowest BCUT2D eigenvalue weighted by atomic mass is 10.4. The third-order valence-electron chi connectivity index (χ3n) is 2.61. The number of methoxy groups -OCH3 is 1. The fourth-order valence-corrected chi connectivity index (χ4v) is 2.90. The molecule has 0 unspecified atom stereocenters. The van der Waals surface area contributed by atoms with Crippen molar-refractivity contribution in [3.8, 4) is 0 Å². The minimum absolute atomic E-state index is 0.262. The fourth-order valence-electron chi connectivity index (χ4n) is 1.76. The minimum atomic E-state index is -0.440. The van der Waals surface area contributed by atoms with Gasteiger partial charge in [-0.05, 0) is 12.8 Å². The van der Waals surface area contributed by atoms with E-state index in [0.717, 1.165) is 5.03 Å². The molecule has 1 aromatic heterocycles. The smallest absolute Gasteiger partial charge is 0.358 e. The fraction of sp³-hybridized carbons (Fsp3) is 0.545. The highest BCUT2D eigenvalue weighted by Crippen LogP contribution is 2.33. The summed E-state index contributed by atoms with van der Waals surface area (Å²) >= 11 is 1.75. The van der Waals surface area contributed by atoms with Crippen LogP contribution in [0.5, 0.6) is 0 Å². The molecule has 4 nitrogen and oxygen atoms in total. The Morgan fingerprint density at radius 2 is 2.12 bits per heavy atom. The number of rotatable bonds is 3. The van der Waals surface area contributed by atoms with E-state index in [9.17, 15) is 4.79 Å². The predicted octanol–water partition coefficient (Wildman–Crippen LogP) is 2.30. The molecule has 1 saturated carbocycles. The van der Waals surface area contributed by atoms with Gasteiger partial charge in [0.15, 0.2) is 5.69 Å². The molecular weight excluding hydrogens is 224 g/mol. The average Bonchev–Trinajstić information content (AvgIpc) is 2.82. The zero-order chi connectivity index (χ0) is 11.4. The molecule has 2 rings (SSSR count). The maximum Gasteiger partial charge on any atom is 0.358 e. The van der Waals surface area contributed by atoms with Gasteiger partial charge in [0.1, 0.15) is 5.03 Å². The van der Waals surface area contributed by atoms with Crippen molar-refractivity contribution in [1.29, 1.82) is 0 Å². The van der Waals surface area contributed by atoms with E-state index in [1.165, 1.54) is 39.0 Å². The summed E-state index contributed by atoms with van der Waals surface area (Å²) in [5.41, 5.74) is 0.262. The highest BCUT2D eigenvalue weighted by atomic mass is 32.2. The van der Waals surface area contributed by atoms with Crippen LogP contribution in [0.2, 0.25) is 0 Å². The molecule has 1 aliphatic carbocycles. The van der Waals surface area contributed by atoms with Crippen LogP contribution in [0, 0.1) is 0 Å². The van der Waals surface area contributed by atoms with Crippen LogP contribution in [-0.2, 0) is 4.74 Å². The van der Waals surface area contributed by atoms with E-state index in [2.05, 4.69) is 14.7 Å². The number of carbonyl (C=O) groups excluding carboxylic acids is 1. The summed E-state index contributed by atoms with van der Waals surface area (Å²) in [6.45, 7) is 0. The lowest BCUT2D eigenvalue weighted by molar-refractivity contribution is 0.0593. The summed E-state index contributed by atoms with van der Waals surface area (Å²) in [6, 6.07) is 0. The van der Waals surface area contributed by atoms with Crippen molar-refractivity contribution in [2.75, 3.05) is 7.11 Å². The van der Waals surface area contributed by atoms with Gasteiger partial charge in [0.05, 0.1) is 19.5 Å². The standard InChI is InChI=1S/C11H14N2O2S/c1-15-11(14)9-6-13-10(7-12-9)16-8-4-2-3-5-8/h6-8H,2-5H2,1H3. The molecule has 0 aliphatic heterocycles. The summed E-state index contributed by atoms with van der Waals surface area (Å²) in [6.07, 6.45) is 8.26. The monoisotopic (exact) mass is 238 g/mol. The van der Waals surface area contributed by atoms with Crippen LogP contribution in [0.25, 0.3) is 0 Å². The third-order valence-corrected chi connectivity index (χ3v) is 3.87. The summed E-state index contributed by atoms with van der Waals surface area (Å²) in [5, 5.41) is 1.55. The molecule has 0 N–H and O–H groups in total. The van der Waals surface area contributed by atoms with Crippen molar-refractivity contribution in [3.63, 3.8) is 0 Å². The van der Waals surface area contributed by atoms with Crippen LogP contribution >= 0.6 is 11.8 Å². The molecule has 5 heteroatoms. The molecule has 1 aliphatic rings. The summed E-state index contributed by atoms with van der Waals surface area (Å²) in [5.74, 6) is -0.440. The highest BCUT2D eigenvalue weighted by Gasteiger charge is 2.17. The van der Waals surface area contributed by atoms with Crippen LogP contribution in [-0.4, -0.2) is 28.3 Å². The van der Waals surface area contributed by atoms with Crippen molar-refractivity contribution >= 4 is 17.7 Å². The molecule has 0 saturated heterocycles. The minimum Gasteiger partial charge on any atom is -0.464 e. The Kier molecular flexibility index (Phi) is 3.77. The van der Waals surface area contributed by atoms with Gasteiger partial charge in [0.25, 0.3) is 0 Å². The van der Waals surface area contributed by atoms with E-state index in [4.69, 9.17) is 0 Å². The van der Waals surface area contributed by atoms with Crippen LogP contribution in [0.4, 0.5) is 0 Å². The second kappa shape index (κ2) is 5.30. The van der Waals surface area contributed by atoms with E-state index >= 15 is 0 Å². The first-order valence-electron chi connectivity index (χ1n) is 5.36. The van der Waals surface area contributed by atoms with Gasteiger partial charge in [0.2, 0.25) is 0 Å². The van der Waals surface area contributed by atoms with Crippen molar-refractivity contribution in [2.24, 2.45) is 0 Å². The number of hydrogen-bond donors (Lipinski definition) is 0. The Labute approximate surface area is 98.8 Å². The number of ether oxygens (including phenoxy) is 1. The predicted molar refractivity (Wildman–Crippen MR) is 61.5 cm³/mol. The van der Waals surface area contributed by atoms with E-state index in [-0.39, 0.29) is 5.69 Å². The number of esters is 1. The average molecular weight is 238 g/mol. The van der Waals surface area contributed by atoms with Crippen LogP contribution in [0.3, 0.4) is 0 Å². The second-order valence-electron chi connectivity index (χ2n) is 3.76. The van der Waals surface area contributed by atoms with Crippen LogP contribution in [0.1, 0.15) is 36.2 Å². The van der Waals surface area contributed by atoms with E-state index < -0.39 is 5.97 Å². The molecule has 0 amide bonds. The molecule has 0 spiro atoms. The zero-order valence-electron chi connectivity index (χ0n) is 9.18. The van der Waals surface area contributed by atoms with Crippen LogP contribution in [0.15, 0.2) is 17.4 Å². The van der Waals surface area contributed by atoms with Gasteiger partial charge in [-0.15, -0.1) is 11.8 Å². The SMILES string of the molecule is COC(=O)c1cnc(SC2CCCC2)cn1. The van der Waals surface area contributed by atoms with E-state index in [1.807, 2.05) is 0 Å². The quantitative estimate of drug-likeness (QED) is 0.756. The topological polar surface area (TPSA) is 52.1 Å². The van der Waals surface area contributed by atoms with E-state index in [0.29, 0.717) is 5.25 Å². The number of carbonyl (C=O) groups is 1. The van der Waals surface area contributed by atoms with Gasteiger partial charge in [-0.1, -0.05) is 12.8 Å². The third kappa shape index (κ3) is 2.72. The summed E-state index contributed by atoms with van der Waals surface area (Å²) < 4.78 is 4.56. The molecule has 0 radical (unpaired) electrons. The number of thioether (sulfide) groups is 1. The first-order chi connectivity index (χ1) is 7.79. The molecule has 1 aromatic rings. The Balaban J connectivity index is 1.98. The van der Waals surface area contributed by atoms with Crippen molar-refractivity contribution in [1.82, 2.24) is 9.97 Å². The second-order valence-corrected chi connectivity index (χ2v) is 5.08. The van der Waals surface area contributed by atoms with Gasteiger partial charge in [-0.3, -0.25) is 0 Å². The lowest BCUT2D eigenvalue weighted by Crippen LogP contribution is -2.05. The summed E-state index contributed by atoms with van der Waals surface area (Å²) in [7, 11) is 1.34. The van der Waals surface area contributed by atoms with Crippen molar-refractivity contribution in [3.05, 3.63) is 18.1 Å². The molecule has 0 bridgehead atoms. The summed E-state index contributed by atoms with van der Waals surface area (Å²) in [4.78, 5) is 19.4. The Morgan fingerprint density at radius 1 is 1.38 bits per heavy atom. The number of hydrogen-bond acceptors (Lipinski definition) is 5. The number of nitrogens with zero attached hydrogens (tertiary/aromatic N) is 2. The van der Waals surface area contributed by atoms with E-state index in [1.54, 1.807) is 18.0 Å². The van der Waals surface area contributed by atoms with Gasteiger partial charge >= 0.3 is 5.97 Å². The molecule has 0 atom stereocenters. The zero-order valence-corrected chi connectivity index (χ0v) is 10.00. The molecule has 0 aromatic carbocycles. The normalized spacial score (nSPS) is 16.3. The van der Waals surface area contributed by atoms with Gasteiger partial charge in [-0.25, -0.2) is 14.8 Å². The van der Waals surface area contributed by atoms with Crippen molar-refractivity contribution < 1.29 is 9.53 Å². The highest BCUT2D eigenvalue weighted by molar-refractivity contribution is 7.99. The molecule has 16 heavy (non-hydrogen) atoms. The van der Waals surface area contributed by atoms with Gasteiger partial charge in [-0.2, -0.15) is 0 Å². The first-order valence-corrected chi connectivity index (χ1v) is 6.24. The Hall–Kier alpha value is -1.10. The van der Waals surface area contributed by atoms with Gasteiger partial charge < -0.3 is 4.74 Å². The molecule has 1 heterocycles. The maximum atomic E-state index is 11.1. The molecule has 86 valence electrons. The maximum absolute atomic E-state index is 11.1. The van der Waals surface area contributed by atoms with Gasteiger partial charge in [0, 0.05) is 5.25 Å². The number of aromatic nitrogens is 2. The first kappa shape index (κ1) is 11.4. The Morgan fingerprint density at radius 3 is 2.69 bits per heavy atom. The van der Waals surface area contributed by atoms with Crippen LogP contribution < -0.4 is 0 Å². The Bertz CT molecular complexity index is 361.